The molecule has 3 rings (SSSR count). The molecule has 1 aromatic carbocycles. The number of hydrogen-bond acceptors (Lipinski definition) is 6. The second kappa shape index (κ2) is 13.0. The van der Waals surface area contributed by atoms with Crippen LogP contribution in [0.4, 0.5) is 4.39 Å². The lowest BCUT2D eigenvalue weighted by Crippen LogP contribution is -3.12. The van der Waals surface area contributed by atoms with E-state index < -0.39 is 26.8 Å². The molecule has 0 bridgehead atoms. The summed E-state index contributed by atoms with van der Waals surface area (Å²) in [6, 6.07) is 5.13. The molecule has 2 N–H and O–H groups in total. The van der Waals surface area contributed by atoms with Gasteiger partial charge in [0.2, 0.25) is 0 Å². The van der Waals surface area contributed by atoms with E-state index in [2.05, 4.69) is 23.4 Å². The Morgan fingerprint density at radius 3 is 2.73 bits per heavy atom. The van der Waals surface area contributed by atoms with Crippen molar-refractivity contribution in [1.82, 2.24) is 10.4 Å². The quantitative estimate of drug-likeness (QED) is 0.364. The molecule has 1 fully saturated rings. The van der Waals surface area contributed by atoms with Gasteiger partial charge in [0, 0.05) is 32.1 Å². The summed E-state index contributed by atoms with van der Waals surface area (Å²) in [6.07, 6.45) is 5.99. The van der Waals surface area contributed by atoms with Crippen molar-refractivity contribution in [2.45, 2.75) is 50.1 Å². The minimum absolute atomic E-state index is 0.153. The SMILES string of the molecule is CN(C)CC#Cc1ccc(C2=CC[NH+](CCC(C)(C(=O)NOC3CCCCO3)S(C)(=O)=O)CC2)cc1F. The minimum Gasteiger partial charge on any atom is -0.350 e. The van der Waals surface area contributed by atoms with Gasteiger partial charge >= 0.3 is 0 Å². The van der Waals surface area contributed by atoms with Crippen LogP contribution in [-0.4, -0.2) is 83.4 Å². The summed E-state index contributed by atoms with van der Waals surface area (Å²) in [4.78, 5) is 21.3. The van der Waals surface area contributed by atoms with Crippen LogP contribution in [0.25, 0.3) is 5.57 Å². The minimum atomic E-state index is -3.71. The molecule has 37 heavy (non-hydrogen) atoms. The molecule has 1 amide bonds. The van der Waals surface area contributed by atoms with Gasteiger partial charge in [0.1, 0.15) is 5.82 Å². The van der Waals surface area contributed by atoms with Crippen LogP contribution in [0.5, 0.6) is 0 Å². The Morgan fingerprint density at radius 2 is 2.14 bits per heavy atom. The molecule has 0 aromatic heterocycles. The predicted molar refractivity (Wildman–Crippen MR) is 141 cm³/mol. The summed E-state index contributed by atoms with van der Waals surface area (Å²) < 4.78 is 43.6. The molecule has 0 aliphatic carbocycles. The van der Waals surface area contributed by atoms with Crippen LogP contribution in [0.1, 0.15) is 50.2 Å². The van der Waals surface area contributed by atoms with Crippen LogP contribution >= 0.6 is 0 Å². The number of carbonyl (C=O) groups excluding carboxylic acids is 1. The van der Waals surface area contributed by atoms with E-state index in [1.54, 1.807) is 6.07 Å². The molecule has 2 aliphatic heterocycles. The lowest BCUT2D eigenvalue weighted by atomic mass is 9.97. The van der Waals surface area contributed by atoms with Crippen LogP contribution < -0.4 is 10.4 Å². The Bertz CT molecular complexity index is 1150. The first-order valence-corrected chi connectivity index (χ1v) is 14.6. The monoisotopic (exact) mass is 536 g/mol. The zero-order valence-electron chi connectivity index (χ0n) is 22.2. The summed E-state index contributed by atoms with van der Waals surface area (Å²) >= 11 is 0. The third-order valence-corrected chi connectivity index (χ3v) is 9.04. The summed E-state index contributed by atoms with van der Waals surface area (Å²) in [7, 11) is 0.112. The average Bonchev–Trinajstić information content (AvgIpc) is 2.86. The van der Waals surface area contributed by atoms with Crippen molar-refractivity contribution >= 4 is 21.3 Å². The van der Waals surface area contributed by atoms with E-state index in [4.69, 9.17) is 9.57 Å². The number of rotatable bonds is 9. The normalized spacial score (nSPS) is 21.9. The van der Waals surface area contributed by atoms with Crippen LogP contribution in [0.2, 0.25) is 0 Å². The Kier molecular flexibility index (Phi) is 10.3. The van der Waals surface area contributed by atoms with Crippen LogP contribution in [0.3, 0.4) is 0 Å². The average molecular weight is 537 g/mol. The second-order valence-electron chi connectivity index (χ2n) is 10.3. The smallest absolute Gasteiger partial charge is 0.265 e. The molecule has 3 atom stereocenters. The van der Waals surface area contributed by atoms with E-state index in [0.717, 1.165) is 48.1 Å². The molecule has 0 saturated carbocycles. The van der Waals surface area contributed by atoms with Gasteiger partial charge in [-0.2, -0.15) is 0 Å². The van der Waals surface area contributed by atoms with Gasteiger partial charge in [-0.25, -0.2) is 23.1 Å². The molecule has 1 saturated heterocycles. The van der Waals surface area contributed by atoms with Gasteiger partial charge in [-0.15, -0.1) is 0 Å². The Labute approximate surface area is 220 Å². The Hall–Kier alpha value is -2.29. The third kappa shape index (κ3) is 8.09. The lowest BCUT2D eigenvalue weighted by molar-refractivity contribution is -0.895. The summed E-state index contributed by atoms with van der Waals surface area (Å²) in [5.41, 5.74) is 4.60. The fraction of sp³-hybridized carbons (Fsp3) is 0.593. The number of halogens is 1. The zero-order chi connectivity index (χ0) is 27.1. The van der Waals surface area contributed by atoms with Crippen molar-refractivity contribution in [3.63, 3.8) is 0 Å². The van der Waals surface area contributed by atoms with Crippen molar-refractivity contribution in [1.29, 1.82) is 0 Å². The molecular weight excluding hydrogens is 497 g/mol. The van der Waals surface area contributed by atoms with Crippen molar-refractivity contribution < 1.29 is 32.1 Å². The number of benzene rings is 1. The summed E-state index contributed by atoms with van der Waals surface area (Å²) in [5, 5.41) is 0. The Balaban J connectivity index is 1.58. The molecule has 1 aromatic rings. The van der Waals surface area contributed by atoms with Gasteiger partial charge in [-0.05, 0) is 63.2 Å². The van der Waals surface area contributed by atoms with E-state index in [0.29, 0.717) is 38.2 Å². The first-order chi connectivity index (χ1) is 17.5. The maximum atomic E-state index is 14.6. The van der Waals surface area contributed by atoms with Gasteiger partial charge in [-0.3, -0.25) is 9.69 Å². The number of hydrogen-bond donors (Lipinski definition) is 2. The molecule has 2 aliphatic rings. The summed E-state index contributed by atoms with van der Waals surface area (Å²) in [5.74, 6) is 4.80. The van der Waals surface area contributed by atoms with Crippen LogP contribution in [0.15, 0.2) is 24.3 Å². The highest BCUT2D eigenvalue weighted by Crippen LogP contribution is 2.23. The first-order valence-electron chi connectivity index (χ1n) is 12.7. The molecule has 0 radical (unpaired) electrons. The number of ether oxygens (including phenoxy) is 1. The number of nitrogens with zero attached hydrogens (tertiary/aromatic N) is 1. The van der Waals surface area contributed by atoms with E-state index in [1.807, 2.05) is 25.1 Å². The fourth-order valence-corrected chi connectivity index (χ4v) is 5.15. The maximum Gasteiger partial charge on any atom is 0.265 e. The number of hydroxylamine groups is 1. The predicted octanol–water partition coefficient (Wildman–Crippen LogP) is 1.18. The van der Waals surface area contributed by atoms with Gasteiger partial charge in [0.15, 0.2) is 20.9 Å². The van der Waals surface area contributed by atoms with Crippen LogP contribution in [-0.2, 0) is 24.2 Å². The van der Waals surface area contributed by atoms with E-state index in [9.17, 15) is 17.6 Å². The number of quaternary nitrogens is 1. The molecule has 8 nitrogen and oxygen atoms in total. The number of amides is 1. The zero-order valence-corrected chi connectivity index (χ0v) is 23.0. The largest absolute Gasteiger partial charge is 0.350 e. The van der Waals surface area contributed by atoms with Crippen molar-refractivity contribution in [2.24, 2.45) is 0 Å². The fourth-order valence-electron chi connectivity index (χ4n) is 4.30. The van der Waals surface area contributed by atoms with Crippen LogP contribution in [0, 0.1) is 17.7 Å². The van der Waals surface area contributed by atoms with Crippen molar-refractivity contribution in [2.75, 3.05) is 53.1 Å². The third-order valence-electron chi connectivity index (χ3n) is 7.02. The van der Waals surface area contributed by atoms with E-state index >= 15 is 0 Å². The topological polar surface area (TPSA) is 89.4 Å². The lowest BCUT2D eigenvalue weighted by Gasteiger charge is -2.30. The van der Waals surface area contributed by atoms with Gasteiger partial charge in [0.05, 0.1) is 31.7 Å². The highest BCUT2D eigenvalue weighted by molar-refractivity contribution is 7.92. The second-order valence-corrected chi connectivity index (χ2v) is 12.7. The molecule has 2 heterocycles. The molecule has 204 valence electrons. The van der Waals surface area contributed by atoms with E-state index in [-0.39, 0.29) is 12.2 Å². The molecule has 0 spiro atoms. The molecule has 3 unspecified atom stereocenters. The first kappa shape index (κ1) is 29.3. The van der Waals surface area contributed by atoms with Crippen molar-refractivity contribution in [3.8, 4) is 11.8 Å². The van der Waals surface area contributed by atoms with Gasteiger partial charge in [-0.1, -0.05) is 17.9 Å². The highest BCUT2D eigenvalue weighted by atomic mass is 32.2. The highest BCUT2D eigenvalue weighted by Gasteiger charge is 2.45. The van der Waals surface area contributed by atoms with E-state index in [1.165, 1.54) is 13.0 Å². The maximum absolute atomic E-state index is 14.6. The number of sulfone groups is 1. The number of carbonyl (C=O) groups is 1. The number of nitrogens with one attached hydrogen (secondary N) is 2. The Morgan fingerprint density at radius 1 is 1.35 bits per heavy atom. The van der Waals surface area contributed by atoms with Gasteiger partial charge < -0.3 is 9.64 Å². The molecular formula is C27H39FN3O5S+. The molecule has 10 heteroatoms. The standard InChI is InChI=1S/C27H38FN3O5S/c1-27(37(4,33)34,26(32)29-36-25-9-5-6-19-35-25)14-18-31-16-12-21(13-17-31)23-11-10-22(24(28)20-23)8-7-15-30(2)3/h10-12,20,25H,5-6,9,13-19H2,1-4H3,(H,29,32)/p+1. The van der Waals surface area contributed by atoms with Crippen molar-refractivity contribution in [3.05, 3.63) is 41.2 Å². The summed E-state index contributed by atoms with van der Waals surface area (Å²) in [6.45, 7) is 4.47. The van der Waals surface area contributed by atoms with Gasteiger partial charge in [0.25, 0.3) is 5.91 Å².